The van der Waals surface area contributed by atoms with Crippen molar-refractivity contribution in [2.24, 2.45) is 0 Å². The molecule has 0 aromatic carbocycles. The normalized spacial score (nSPS) is 18.4. The molecule has 0 aromatic rings. The molecule has 0 radical (unpaired) electrons. The SMILES string of the molecule is O=CC1=CCSC=CC1. The molecule has 0 saturated heterocycles. The summed E-state index contributed by atoms with van der Waals surface area (Å²) >= 11 is 1.72. The van der Waals surface area contributed by atoms with Crippen molar-refractivity contribution in [2.75, 3.05) is 5.75 Å². The molecular weight excluding hydrogens is 132 g/mol. The molecule has 1 nitrogen and oxygen atoms in total. The van der Waals surface area contributed by atoms with Gasteiger partial charge >= 0.3 is 0 Å². The van der Waals surface area contributed by atoms with Gasteiger partial charge in [0.05, 0.1) is 0 Å². The fraction of sp³-hybridized carbons (Fsp3) is 0.286. The van der Waals surface area contributed by atoms with Crippen molar-refractivity contribution in [1.82, 2.24) is 0 Å². The number of thioether (sulfide) groups is 1. The number of aldehydes is 1. The van der Waals surface area contributed by atoms with Gasteiger partial charge in [0.15, 0.2) is 0 Å². The van der Waals surface area contributed by atoms with Crippen LogP contribution in [0.25, 0.3) is 0 Å². The van der Waals surface area contributed by atoms with Crippen LogP contribution >= 0.6 is 11.8 Å². The number of hydrogen-bond donors (Lipinski definition) is 0. The van der Waals surface area contributed by atoms with Crippen LogP contribution in [0.5, 0.6) is 0 Å². The quantitative estimate of drug-likeness (QED) is 0.516. The average molecular weight is 140 g/mol. The summed E-state index contributed by atoms with van der Waals surface area (Å²) in [4.78, 5) is 10.2. The number of carbonyl (C=O) groups is 1. The highest BCUT2D eigenvalue weighted by Crippen LogP contribution is 2.12. The van der Waals surface area contributed by atoms with Crippen LogP contribution in [0, 0.1) is 0 Å². The fourth-order valence-corrected chi connectivity index (χ4v) is 1.30. The zero-order chi connectivity index (χ0) is 6.53. The molecule has 0 aromatic heterocycles. The predicted octanol–water partition coefficient (Wildman–Crippen LogP) is 1.76. The molecule has 9 heavy (non-hydrogen) atoms. The highest BCUT2D eigenvalue weighted by molar-refractivity contribution is 8.02. The van der Waals surface area contributed by atoms with Gasteiger partial charge in [-0.15, -0.1) is 11.8 Å². The molecule has 0 saturated carbocycles. The van der Waals surface area contributed by atoms with Crippen LogP contribution in [-0.4, -0.2) is 12.0 Å². The van der Waals surface area contributed by atoms with Gasteiger partial charge in [-0.1, -0.05) is 12.2 Å². The number of hydrogen-bond acceptors (Lipinski definition) is 2. The minimum atomic E-state index is 0.802. The molecule has 48 valence electrons. The van der Waals surface area contributed by atoms with Crippen molar-refractivity contribution in [2.45, 2.75) is 6.42 Å². The van der Waals surface area contributed by atoms with Gasteiger partial charge in [-0.2, -0.15) is 0 Å². The second-order valence-electron chi connectivity index (χ2n) is 1.81. The molecule has 1 heterocycles. The van der Waals surface area contributed by atoms with E-state index in [1.54, 1.807) is 11.8 Å². The summed E-state index contributed by atoms with van der Waals surface area (Å²) in [6, 6.07) is 0. The molecule has 0 spiro atoms. The Morgan fingerprint density at radius 2 is 2.56 bits per heavy atom. The van der Waals surface area contributed by atoms with Crippen molar-refractivity contribution >= 4 is 18.0 Å². The summed E-state index contributed by atoms with van der Waals surface area (Å²) in [7, 11) is 0. The summed E-state index contributed by atoms with van der Waals surface area (Å²) in [6.07, 6.45) is 5.71. The smallest absolute Gasteiger partial charge is 0.146 e. The van der Waals surface area contributed by atoms with Gasteiger partial charge in [0.2, 0.25) is 0 Å². The first-order valence-corrected chi connectivity index (χ1v) is 3.89. The van der Waals surface area contributed by atoms with Gasteiger partial charge in [0, 0.05) is 5.75 Å². The Bertz CT molecular complexity index is 158. The Kier molecular flexibility index (Phi) is 2.58. The zero-order valence-electron chi connectivity index (χ0n) is 5.04. The third kappa shape index (κ3) is 2.06. The first-order chi connectivity index (χ1) is 4.43. The summed E-state index contributed by atoms with van der Waals surface area (Å²) in [5.74, 6) is 0.935. The summed E-state index contributed by atoms with van der Waals surface area (Å²) < 4.78 is 0. The van der Waals surface area contributed by atoms with E-state index >= 15 is 0 Å². The minimum Gasteiger partial charge on any atom is -0.298 e. The van der Waals surface area contributed by atoms with Crippen LogP contribution < -0.4 is 0 Å². The maximum absolute atomic E-state index is 10.2. The third-order valence-corrected chi connectivity index (χ3v) is 1.88. The summed E-state index contributed by atoms with van der Waals surface area (Å²) in [5, 5.41) is 2.03. The van der Waals surface area contributed by atoms with Crippen LogP contribution in [0.2, 0.25) is 0 Å². The van der Waals surface area contributed by atoms with Crippen LogP contribution in [-0.2, 0) is 4.79 Å². The van der Waals surface area contributed by atoms with Crippen molar-refractivity contribution < 1.29 is 4.79 Å². The molecule has 0 aliphatic carbocycles. The van der Waals surface area contributed by atoms with E-state index in [4.69, 9.17) is 0 Å². The second kappa shape index (κ2) is 3.51. The number of carbonyl (C=O) groups excluding carboxylic acids is 1. The van der Waals surface area contributed by atoms with E-state index in [2.05, 4.69) is 0 Å². The number of rotatable bonds is 1. The van der Waals surface area contributed by atoms with Crippen LogP contribution in [0.4, 0.5) is 0 Å². The Morgan fingerprint density at radius 1 is 1.67 bits per heavy atom. The Morgan fingerprint density at radius 3 is 3.33 bits per heavy atom. The predicted molar refractivity (Wildman–Crippen MR) is 40.4 cm³/mol. The molecule has 1 rings (SSSR count). The molecule has 1 aliphatic rings. The van der Waals surface area contributed by atoms with Gasteiger partial charge in [-0.25, -0.2) is 0 Å². The van der Waals surface area contributed by atoms with Crippen molar-refractivity contribution in [1.29, 1.82) is 0 Å². The molecular formula is C7H8OS. The van der Waals surface area contributed by atoms with Gasteiger partial charge in [-0.3, -0.25) is 4.79 Å². The first-order valence-electron chi connectivity index (χ1n) is 2.84. The maximum atomic E-state index is 10.2. The molecule has 0 bridgehead atoms. The molecule has 0 unspecified atom stereocenters. The fourth-order valence-electron chi connectivity index (χ4n) is 0.643. The second-order valence-corrected chi connectivity index (χ2v) is 2.74. The van der Waals surface area contributed by atoms with Crippen LogP contribution in [0.3, 0.4) is 0 Å². The lowest BCUT2D eigenvalue weighted by Crippen LogP contribution is -1.80. The average Bonchev–Trinajstić information content (AvgIpc) is 2.13. The lowest BCUT2D eigenvalue weighted by atomic mass is 10.2. The van der Waals surface area contributed by atoms with E-state index in [1.165, 1.54) is 0 Å². The van der Waals surface area contributed by atoms with E-state index in [9.17, 15) is 4.79 Å². The van der Waals surface area contributed by atoms with Crippen molar-refractivity contribution in [3.05, 3.63) is 23.1 Å². The molecule has 0 fully saturated rings. The van der Waals surface area contributed by atoms with Gasteiger partial charge in [0.1, 0.15) is 6.29 Å². The Balaban J connectivity index is 2.58. The molecule has 0 atom stereocenters. The minimum absolute atomic E-state index is 0.802. The number of allylic oxidation sites excluding steroid dienone is 2. The zero-order valence-corrected chi connectivity index (χ0v) is 5.86. The van der Waals surface area contributed by atoms with E-state index < -0.39 is 0 Å². The van der Waals surface area contributed by atoms with Gasteiger partial charge in [-0.05, 0) is 17.4 Å². The van der Waals surface area contributed by atoms with Crippen LogP contribution in [0.1, 0.15) is 6.42 Å². The van der Waals surface area contributed by atoms with Gasteiger partial charge < -0.3 is 0 Å². The molecule has 0 N–H and O–H groups in total. The van der Waals surface area contributed by atoms with Crippen molar-refractivity contribution in [3.63, 3.8) is 0 Å². The standard InChI is InChI=1S/C7H8OS/c8-6-7-2-1-4-9-5-3-7/h1,3-4,6H,2,5H2. The monoisotopic (exact) mass is 140 g/mol. The topological polar surface area (TPSA) is 17.1 Å². The lowest BCUT2D eigenvalue weighted by molar-refractivity contribution is -0.105. The third-order valence-electron chi connectivity index (χ3n) is 1.14. The van der Waals surface area contributed by atoms with Gasteiger partial charge in [0.25, 0.3) is 0 Å². The highest BCUT2D eigenvalue weighted by Gasteiger charge is 1.93. The van der Waals surface area contributed by atoms with E-state index in [0.29, 0.717) is 0 Å². The molecule has 2 heteroatoms. The van der Waals surface area contributed by atoms with Crippen LogP contribution in [0.15, 0.2) is 23.1 Å². The maximum Gasteiger partial charge on any atom is 0.146 e. The largest absolute Gasteiger partial charge is 0.298 e. The van der Waals surface area contributed by atoms with Crippen molar-refractivity contribution in [3.8, 4) is 0 Å². The lowest BCUT2D eigenvalue weighted by Gasteiger charge is -1.86. The van der Waals surface area contributed by atoms with E-state index in [1.807, 2.05) is 17.6 Å². The Labute approximate surface area is 58.8 Å². The Hall–Kier alpha value is -0.500. The van der Waals surface area contributed by atoms with E-state index in [0.717, 1.165) is 24.0 Å². The molecule has 1 aliphatic heterocycles. The summed E-state index contributed by atoms with van der Waals surface area (Å²) in [6.45, 7) is 0. The first kappa shape index (κ1) is 6.62. The summed E-state index contributed by atoms with van der Waals surface area (Å²) in [5.41, 5.74) is 0.899. The van der Waals surface area contributed by atoms with E-state index in [-0.39, 0.29) is 0 Å². The molecule has 0 amide bonds. The highest BCUT2D eigenvalue weighted by atomic mass is 32.2.